The van der Waals surface area contributed by atoms with Crippen molar-refractivity contribution in [1.29, 1.82) is 0 Å². The van der Waals surface area contributed by atoms with Gasteiger partial charge in [0, 0.05) is 13.1 Å². The third kappa shape index (κ3) is 2.14. The zero-order valence-electron chi connectivity index (χ0n) is 12.4. The van der Waals surface area contributed by atoms with E-state index in [0.717, 1.165) is 53.3 Å². The van der Waals surface area contributed by atoms with Gasteiger partial charge in [0.2, 0.25) is 0 Å². The maximum Gasteiger partial charge on any atom is 0.171 e. The van der Waals surface area contributed by atoms with E-state index in [9.17, 15) is 0 Å². The standard InChI is InChI=1S/C16H17N5S/c1-2-22-16-19-15-13(14-17-9-6-10-20(14)16)11-18-21(15)12-7-4-3-5-8-12/h3-5,7-8,11H,2,6,9-10H2,1H3. The zero-order chi connectivity index (χ0) is 14.9. The second-order valence-corrected chi connectivity index (χ2v) is 6.40. The van der Waals surface area contributed by atoms with Crippen LogP contribution in [-0.2, 0) is 0 Å². The van der Waals surface area contributed by atoms with E-state index in [0.29, 0.717) is 0 Å². The average molecular weight is 311 g/mol. The van der Waals surface area contributed by atoms with Gasteiger partial charge in [0.1, 0.15) is 5.84 Å². The molecule has 0 unspecified atom stereocenters. The van der Waals surface area contributed by atoms with E-state index in [1.807, 2.05) is 41.2 Å². The number of rotatable bonds is 2. The van der Waals surface area contributed by atoms with Crippen molar-refractivity contribution < 1.29 is 0 Å². The largest absolute Gasteiger partial charge is 0.305 e. The molecule has 0 fully saturated rings. The highest BCUT2D eigenvalue weighted by atomic mass is 32.2. The van der Waals surface area contributed by atoms with Crippen LogP contribution in [0.25, 0.3) is 5.69 Å². The van der Waals surface area contributed by atoms with Crippen LogP contribution in [0.5, 0.6) is 0 Å². The molecule has 5 nitrogen and oxygen atoms in total. The van der Waals surface area contributed by atoms with Gasteiger partial charge in [0.25, 0.3) is 0 Å². The SMILES string of the molecule is CCSC1=Nc2c(cnn2-c2ccccc2)C2=NCCCN12. The topological polar surface area (TPSA) is 45.8 Å². The van der Waals surface area contributed by atoms with Crippen LogP contribution in [0.15, 0.2) is 46.5 Å². The van der Waals surface area contributed by atoms with Crippen LogP contribution >= 0.6 is 11.8 Å². The Labute approximate surface area is 133 Å². The summed E-state index contributed by atoms with van der Waals surface area (Å²) >= 11 is 1.76. The number of nitrogens with zero attached hydrogens (tertiary/aromatic N) is 5. The summed E-state index contributed by atoms with van der Waals surface area (Å²) in [4.78, 5) is 11.8. The van der Waals surface area contributed by atoms with Gasteiger partial charge in [0.15, 0.2) is 11.0 Å². The maximum atomic E-state index is 4.88. The van der Waals surface area contributed by atoms with Gasteiger partial charge in [-0.05, 0) is 24.3 Å². The molecule has 4 rings (SSSR count). The van der Waals surface area contributed by atoms with Gasteiger partial charge in [-0.25, -0.2) is 9.67 Å². The van der Waals surface area contributed by atoms with Gasteiger partial charge >= 0.3 is 0 Å². The lowest BCUT2D eigenvalue weighted by Gasteiger charge is -2.32. The number of benzene rings is 1. The van der Waals surface area contributed by atoms with E-state index in [2.05, 4.69) is 16.9 Å². The first-order chi connectivity index (χ1) is 10.9. The van der Waals surface area contributed by atoms with Crippen LogP contribution in [0.4, 0.5) is 5.82 Å². The Morgan fingerprint density at radius 3 is 2.91 bits per heavy atom. The molecule has 1 aromatic carbocycles. The summed E-state index contributed by atoms with van der Waals surface area (Å²) < 4.78 is 1.90. The minimum absolute atomic E-state index is 0.881. The molecule has 3 heterocycles. The van der Waals surface area contributed by atoms with Gasteiger partial charge in [0.05, 0.1) is 17.4 Å². The molecule has 0 N–H and O–H groups in total. The van der Waals surface area contributed by atoms with Crippen LogP contribution in [0.3, 0.4) is 0 Å². The normalized spacial score (nSPS) is 16.7. The second kappa shape index (κ2) is 5.61. The molecule has 0 saturated carbocycles. The smallest absolute Gasteiger partial charge is 0.171 e. The van der Waals surface area contributed by atoms with Crippen molar-refractivity contribution in [1.82, 2.24) is 14.7 Å². The number of para-hydroxylation sites is 1. The van der Waals surface area contributed by atoms with Gasteiger partial charge in [-0.1, -0.05) is 36.9 Å². The van der Waals surface area contributed by atoms with E-state index >= 15 is 0 Å². The predicted molar refractivity (Wildman–Crippen MR) is 91.5 cm³/mol. The van der Waals surface area contributed by atoms with E-state index in [1.165, 1.54) is 0 Å². The van der Waals surface area contributed by atoms with Crippen molar-refractivity contribution in [2.75, 3.05) is 18.8 Å². The molecule has 2 aromatic rings. The molecule has 0 saturated heterocycles. The summed E-state index contributed by atoms with van der Waals surface area (Å²) in [6, 6.07) is 10.1. The van der Waals surface area contributed by atoms with Crippen molar-refractivity contribution in [2.24, 2.45) is 9.98 Å². The Morgan fingerprint density at radius 2 is 2.09 bits per heavy atom. The Hall–Kier alpha value is -2.08. The third-order valence-corrected chi connectivity index (χ3v) is 4.61. The van der Waals surface area contributed by atoms with Crippen molar-refractivity contribution in [3.63, 3.8) is 0 Å². The van der Waals surface area contributed by atoms with Crippen LogP contribution in [0.2, 0.25) is 0 Å². The van der Waals surface area contributed by atoms with Crippen LogP contribution in [-0.4, -0.2) is 44.5 Å². The average Bonchev–Trinajstić information content (AvgIpc) is 3.00. The van der Waals surface area contributed by atoms with E-state index in [4.69, 9.17) is 9.98 Å². The molecule has 0 bridgehead atoms. The molecule has 2 aliphatic rings. The molecular formula is C16H17N5S. The minimum atomic E-state index is 0.881. The van der Waals surface area contributed by atoms with Gasteiger partial charge in [-0.3, -0.25) is 4.99 Å². The third-order valence-electron chi connectivity index (χ3n) is 3.75. The fraction of sp³-hybridized carbons (Fsp3) is 0.312. The number of fused-ring (bicyclic) bond motifs is 3. The highest BCUT2D eigenvalue weighted by molar-refractivity contribution is 8.13. The summed E-state index contributed by atoms with van der Waals surface area (Å²) in [5, 5.41) is 5.58. The number of aromatic nitrogens is 2. The highest BCUT2D eigenvalue weighted by Crippen LogP contribution is 2.32. The highest BCUT2D eigenvalue weighted by Gasteiger charge is 2.31. The first kappa shape index (κ1) is 13.6. The van der Waals surface area contributed by atoms with Gasteiger partial charge in [-0.15, -0.1) is 0 Å². The number of thioether (sulfide) groups is 1. The quantitative estimate of drug-likeness (QED) is 0.856. The van der Waals surface area contributed by atoms with Crippen LogP contribution in [0.1, 0.15) is 18.9 Å². The van der Waals surface area contributed by atoms with Gasteiger partial charge < -0.3 is 4.90 Å². The summed E-state index contributed by atoms with van der Waals surface area (Å²) in [7, 11) is 0. The number of hydrogen-bond donors (Lipinski definition) is 0. The van der Waals surface area contributed by atoms with Crippen LogP contribution in [0, 0.1) is 0 Å². The lowest BCUT2D eigenvalue weighted by molar-refractivity contribution is 0.554. The molecule has 1 aromatic heterocycles. The maximum absolute atomic E-state index is 4.88. The molecule has 0 amide bonds. The summed E-state index contributed by atoms with van der Waals surface area (Å²) in [6.07, 6.45) is 2.96. The van der Waals surface area contributed by atoms with Crippen LogP contribution < -0.4 is 0 Å². The van der Waals surface area contributed by atoms with E-state index in [1.54, 1.807) is 11.8 Å². The molecular weight excluding hydrogens is 294 g/mol. The Balaban J connectivity index is 1.87. The summed E-state index contributed by atoms with van der Waals surface area (Å²) in [6.45, 7) is 4.02. The molecule has 0 spiro atoms. The van der Waals surface area contributed by atoms with Crippen molar-refractivity contribution in [2.45, 2.75) is 13.3 Å². The van der Waals surface area contributed by atoms with Crippen molar-refractivity contribution >= 4 is 28.6 Å². The first-order valence-electron chi connectivity index (χ1n) is 7.56. The predicted octanol–water partition coefficient (Wildman–Crippen LogP) is 3.08. The molecule has 0 radical (unpaired) electrons. The lowest BCUT2D eigenvalue weighted by atomic mass is 10.2. The molecule has 0 aliphatic carbocycles. The van der Waals surface area contributed by atoms with E-state index < -0.39 is 0 Å². The van der Waals surface area contributed by atoms with Crippen molar-refractivity contribution in [3.05, 3.63) is 42.1 Å². The Morgan fingerprint density at radius 1 is 1.23 bits per heavy atom. The Kier molecular flexibility index (Phi) is 3.46. The number of aliphatic imine (C=N–C) groups is 2. The van der Waals surface area contributed by atoms with Gasteiger partial charge in [-0.2, -0.15) is 5.10 Å². The first-order valence-corrected chi connectivity index (χ1v) is 8.54. The fourth-order valence-electron chi connectivity index (χ4n) is 2.78. The second-order valence-electron chi connectivity index (χ2n) is 5.17. The molecule has 22 heavy (non-hydrogen) atoms. The fourth-order valence-corrected chi connectivity index (χ4v) is 3.52. The molecule has 0 atom stereocenters. The number of hydrogen-bond acceptors (Lipinski definition) is 5. The minimum Gasteiger partial charge on any atom is -0.305 e. The number of amidine groups is 2. The summed E-state index contributed by atoms with van der Waals surface area (Å²) in [5.41, 5.74) is 2.06. The molecule has 6 heteroatoms. The molecule has 112 valence electrons. The monoisotopic (exact) mass is 311 g/mol. The Bertz CT molecular complexity index is 747. The van der Waals surface area contributed by atoms with E-state index in [-0.39, 0.29) is 0 Å². The summed E-state index contributed by atoms with van der Waals surface area (Å²) in [5.74, 6) is 2.91. The zero-order valence-corrected chi connectivity index (χ0v) is 13.3. The molecule has 2 aliphatic heterocycles. The van der Waals surface area contributed by atoms with Crippen molar-refractivity contribution in [3.8, 4) is 5.69 Å². The lowest BCUT2D eigenvalue weighted by Crippen LogP contribution is -2.41.